The third-order valence-electron chi connectivity index (χ3n) is 2.70. The van der Waals surface area contributed by atoms with E-state index in [4.69, 9.17) is 0 Å². The lowest BCUT2D eigenvalue weighted by molar-refractivity contribution is 0.560. The van der Waals surface area contributed by atoms with Gasteiger partial charge in [-0.1, -0.05) is 0 Å². The standard InChI is InChI=1S/C12H8N4O4/c17-5-13-11(14-6-18)9-1-2-10(4-3-9)12(15-7-19)16-8-20/h1-4H2. The molecule has 8 heteroatoms. The van der Waals surface area contributed by atoms with E-state index in [1.54, 1.807) is 0 Å². The fourth-order valence-corrected chi connectivity index (χ4v) is 1.84. The van der Waals surface area contributed by atoms with Gasteiger partial charge in [-0.15, -0.1) is 20.0 Å². The van der Waals surface area contributed by atoms with Gasteiger partial charge in [0.25, 0.3) is 0 Å². The van der Waals surface area contributed by atoms with Gasteiger partial charge in [0, 0.05) is 0 Å². The van der Waals surface area contributed by atoms with Crippen LogP contribution in [0.2, 0.25) is 0 Å². The van der Waals surface area contributed by atoms with Gasteiger partial charge >= 0.3 is 0 Å². The van der Waals surface area contributed by atoms with E-state index >= 15 is 0 Å². The zero-order valence-electron chi connectivity index (χ0n) is 10.3. The van der Waals surface area contributed by atoms with Crippen molar-refractivity contribution in [2.45, 2.75) is 25.7 Å². The number of hydrogen-bond acceptors (Lipinski definition) is 8. The van der Waals surface area contributed by atoms with E-state index in [1.165, 1.54) is 24.3 Å². The molecule has 0 aliphatic heterocycles. The maximum atomic E-state index is 10.2. The summed E-state index contributed by atoms with van der Waals surface area (Å²) in [6.45, 7) is 0. The fourth-order valence-electron chi connectivity index (χ4n) is 1.84. The number of aliphatic imine (C=N–C) groups is 4. The van der Waals surface area contributed by atoms with Crippen LogP contribution in [0.3, 0.4) is 0 Å². The summed E-state index contributed by atoms with van der Waals surface area (Å²) in [5.74, 6) is -0.0123. The minimum atomic E-state index is -0.00613. The summed E-state index contributed by atoms with van der Waals surface area (Å²) in [6, 6.07) is 0. The molecule has 100 valence electrons. The Hall–Kier alpha value is -3.00. The summed E-state index contributed by atoms with van der Waals surface area (Å²) >= 11 is 0. The Kier molecular flexibility index (Phi) is 6.15. The van der Waals surface area contributed by atoms with Crippen LogP contribution in [0.4, 0.5) is 0 Å². The minimum Gasteiger partial charge on any atom is -0.211 e. The molecule has 20 heavy (non-hydrogen) atoms. The number of allylic oxidation sites excluding steroid dienone is 2. The Morgan fingerprint density at radius 2 is 0.850 bits per heavy atom. The van der Waals surface area contributed by atoms with Gasteiger partial charge in [-0.2, -0.15) is 0 Å². The first-order valence-corrected chi connectivity index (χ1v) is 5.52. The third kappa shape index (κ3) is 4.03. The van der Waals surface area contributed by atoms with E-state index in [0.717, 1.165) is 0 Å². The van der Waals surface area contributed by atoms with Crippen LogP contribution in [-0.2, 0) is 19.2 Å². The number of carbonyl (C=O) groups excluding carboxylic acids is 4. The van der Waals surface area contributed by atoms with E-state index in [1.807, 2.05) is 0 Å². The van der Waals surface area contributed by atoms with Crippen LogP contribution < -0.4 is 0 Å². The van der Waals surface area contributed by atoms with E-state index in [-0.39, 0.29) is 11.6 Å². The summed E-state index contributed by atoms with van der Waals surface area (Å²) in [4.78, 5) is 54.3. The third-order valence-corrected chi connectivity index (χ3v) is 2.70. The molecular weight excluding hydrogens is 264 g/mol. The van der Waals surface area contributed by atoms with Gasteiger partial charge in [0.15, 0.2) is 11.6 Å². The average Bonchev–Trinajstić information content (AvgIpc) is 2.47. The Labute approximate surface area is 113 Å². The zero-order chi connectivity index (χ0) is 14.8. The molecule has 0 N–H and O–H groups in total. The molecule has 1 saturated carbocycles. The predicted molar refractivity (Wildman–Crippen MR) is 65.0 cm³/mol. The number of hydrogen-bond donors (Lipinski definition) is 0. The second-order valence-corrected chi connectivity index (χ2v) is 3.67. The monoisotopic (exact) mass is 272 g/mol. The molecule has 0 amide bonds. The van der Waals surface area contributed by atoms with E-state index in [2.05, 4.69) is 20.0 Å². The fraction of sp³-hybridized carbons (Fsp3) is 0.333. The van der Waals surface area contributed by atoms with Crippen molar-refractivity contribution in [3.8, 4) is 0 Å². The Morgan fingerprint density at radius 1 is 0.600 bits per heavy atom. The van der Waals surface area contributed by atoms with Crippen molar-refractivity contribution in [2.24, 2.45) is 20.0 Å². The Morgan fingerprint density at radius 3 is 1.05 bits per heavy atom. The quantitative estimate of drug-likeness (QED) is 0.566. The van der Waals surface area contributed by atoms with Crippen molar-refractivity contribution in [3.05, 3.63) is 22.8 Å². The topological polar surface area (TPSA) is 118 Å². The molecule has 1 aliphatic rings. The molecule has 1 fully saturated rings. The van der Waals surface area contributed by atoms with E-state index in [0.29, 0.717) is 36.8 Å². The highest BCUT2D eigenvalue weighted by molar-refractivity contribution is 5.45. The smallest absolute Gasteiger partial charge is 0.211 e. The normalized spacial score (nSPS) is 13.0. The SMILES string of the molecule is O=C=NC(N=C=O)=C1CCC(=C(N=C=O)N=C=O)CC1. The maximum Gasteiger partial charge on any atom is 0.242 e. The summed E-state index contributed by atoms with van der Waals surface area (Å²) in [7, 11) is 0. The lowest BCUT2D eigenvalue weighted by Gasteiger charge is -2.17. The summed E-state index contributed by atoms with van der Waals surface area (Å²) < 4.78 is 0. The molecule has 0 radical (unpaired) electrons. The van der Waals surface area contributed by atoms with Gasteiger partial charge in [0.05, 0.1) is 0 Å². The molecule has 0 aromatic rings. The Bertz CT molecular complexity index is 541. The predicted octanol–water partition coefficient (Wildman–Crippen LogP) is 1.33. The molecule has 8 nitrogen and oxygen atoms in total. The van der Waals surface area contributed by atoms with E-state index in [9.17, 15) is 19.2 Å². The van der Waals surface area contributed by atoms with Gasteiger partial charge in [0.2, 0.25) is 24.3 Å². The molecule has 0 unspecified atom stereocenters. The lowest BCUT2D eigenvalue weighted by atomic mass is 9.90. The van der Waals surface area contributed by atoms with Crippen molar-refractivity contribution in [3.63, 3.8) is 0 Å². The Balaban J connectivity index is 3.07. The molecule has 0 heterocycles. The van der Waals surface area contributed by atoms with Gasteiger partial charge in [0.1, 0.15) is 0 Å². The molecule has 0 aromatic carbocycles. The van der Waals surface area contributed by atoms with Crippen molar-refractivity contribution in [1.82, 2.24) is 0 Å². The van der Waals surface area contributed by atoms with Gasteiger partial charge < -0.3 is 0 Å². The number of nitrogens with zero attached hydrogens (tertiary/aromatic N) is 4. The van der Waals surface area contributed by atoms with Crippen LogP contribution >= 0.6 is 0 Å². The summed E-state index contributed by atoms with van der Waals surface area (Å²) in [5, 5.41) is 0. The first kappa shape index (κ1) is 15.1. The molecular formula is C12H8N4O4. The molecule has 0 bridgehead atoms. The summed E-state index contributed by atoms with van der Waals surface area (Å²) in [5.41, 5.74) is 1.37. The molecule has 1 rings (SSSR count). The second-order valence-electron chi connectivity index (χ2n) is 3.67. The number of isocyanates is 4. The zero-order valence-corrected chi connectivity index (χ0v) is 10.3. The van der Waals surface area contributed by atoms with Gasteiger partial charge in [-0.05, 0) is 36.8 Å². The molecule has 0 atom stereocenters. The molecule has 0 saturated heterocycles. The van der Waals surface area contributed by atoms with Crippen LogP contribution in [0.1, 0.15) is 25.7 Å². The second kappa shape index (κ2) is 8.16. The molecule has 0 spiro atoms. The largest absolute Gasteiger partial charge is 0.242 e. The van der Waals surface area contributed by atoms with Crippen LogP contribution in [0.5, 0.6) is 0 Å². The highest BCUT2D eigenvalue weighted by atomic mass is 16.1. The highest BCUT2D eigenvalue weighted by Gasteiger charge is 2.17. The van der Waals surface area contributed by atoms with Gasteiger partial charge in [-0.25, -0.2) is 19.2 Å². The minimum absolute atomic E-state index is 0.00613. The summed E-state index contributed by atoms with van der Waals surface area (Å²) in [6.07, 6.45) is 7.02. The van der Waals surface area contributed by atoms with E-state index < -0.39 is 0 Å². The van der Waals surface area contributed by atoms with Crippen molar-refractivity contribution < 1.29 is 19.2 Å². The van der Waals surface area contributed by atoms with Crippen molar-refractivity contribution in [1.29, 1.82) is 0 Å². The molecule has 0 aromatic heterocycles. The first-order chi connectivity index (χ1) is 9.76. The molecule has 1 aliphatic carbocycles. The van der Waals surface area contributed by atoms with Crippen LogP contribution in [-0.4, -0.2) is 24.3 Å². The van der Waals surface area contributed by atoms with Crippen molar-refractivity contribution in [2.75, 3.05) is 0 Å². The highest BCUT2D eigenvalue weighted by Crippen LogP contribution is 2.32. The number of rotatable bonds is 4. The average molecular weight is 272 g/mol. The van der Waals surface area contributed by atoms with Crippen LogP contribution in [0, 0.1) is 0 Å². The lowest BCUT2D eigenvalue weighted by Crippen LogP contribution is -2.02. The van der Waals surface area contributed by atoms with Crippen molar-refractivity contribution >= 4 is 24.3 Å². The maximum absolute atomic E-state index is 10.2. The van der Waals surface area contributed by atoms with Gasteiger partial charge in [-0.3, -0.25) is 0 Å². The van der Waals surface area contributed by atoms with Crippen LogP contribution in [0.15, 0.2) is 42.8 Å². The van der Waals surface area contributed by atoms with Crippen LogP contribution in [0.25, 0.3) is 0 Å². The first-order valence-electron chi connectivity index (χ1n) is 5.52.